The summed E-state index contributed by atoms with van der Waals surface area (Å²) in [5.74, 6) is 2.26. The van der Waals surface area contributed by atoms with E-state index in [4.69, 9.17) is 9.72 Å². The molecule has 0 unspecified atom stereocenters. The number of hydrogen-bond donors (Lipinski definition) is 0. The average Bonchev–Trinajstić information content (AvgIpc) is 3.19. The lowest BCUT2D eigenvalue weighted by Gasteiger charge is -2.24. The number of nitrogens with zero attached hydrogens (tertiary/aromatic N) is 5. The van der Waals surface area contributed by atoms with Crippen molar-refractivity contribution >= 4 is 5.95 Å². The molecular formula is C19H19N5O. The first kappa shape index (κ1) is 15.5. The topological polar surface area (TPSA) is 64.0 Å². The second kappa shape index (κ2) is 6.84. The molecule has 0 spiro atoms. The van der Waals surface area contributed by atoms with Crippen LogP contribution in [0.4, 0.5) is 5.95 Å². The number of ether oxygens (including phenoxy) is 1. The third kappa shape index (κ3) is 3.15. The summed E-state index contributed by atoms with van der Waals surface area (Å²) in [5.41, 5.74) is 1.94. The smallest absolute Gasteiger partial charge is 0.225 e. The van der Waals surface area contributed by atoms with Crippen molar-refractivity contribution in [2.24, 2.45) is 0 Å². The molecule has 1 aliphatic heterocycles. The summed E-state index contributed by atoms with van der Waals surface area (Å²) in [6, 6.07) is 11.8. The fraction of sp³-hybridized carbons (Fsp3) is 0.263. The zero-order valence-corrected chi connectivity index (χ0v) is 14.0. The highest BCUT2D eigenvalue weighted by atomic mass is 16.5. The van der Waals surface area contributed by atoms with Gasteiger partial charge in [-0.15, -0.1) is 0 Å². The number of methoxy groups -OCH3 is 1. The molecule has 0 N–H and O–H groups in total. The molecule has 0 radical (unpaired) electrons. The van der Waals surface area contributed by atoms with Gasteiger partial charge in [-0.1, -0.05) is 12.1 Å². The molecular weight excluding hydrogens is 314 g/mol. The van der Waals surface area contributed by atoms with Crippen molar-refractivity contribution in [3.8, 4) is 17.1 Å². The Morgan fingerprint density at radius 2 is 1.92 bits per heavy atom. The van der Waals surface area contributed by atoms with Crippen molar-refractivity contribution < 1.29 is 4.74 Å². The normalized spacial score (nSPS) is 16.8. The van der Waals surface area contributed by atoms with Crippen molar-refractivity contribution in [2.75, 3.05) is 18.6 Å². The molecule has 2 aromatic heterocycles. The second-order valence-electron chi connectivity index (χ2n) is 5.94. The minimum absolute atomic E-state index is 0.176. The van der Waals surface area contributed by atoms with Crippen LogP contribution >= 0.6 is 0 Å². The summed E-state index contributed by atoms with van der Waals surface area (Å²) < 4.78 is 5.30. The fourth-order valence-corrected chi connectivity index (χ4v) is 3.21. The maximum absolute atomic E-state index is 5.30. The summed E-state index contributed by atoms with van der Waals surface area (Å²) in [6.45, 7) is 0.938. The minimum atomic E-state index is 0.176. The number of benzene rings is 1. The van der Waals surface area contributed by atoms with Crippen LogP contribution in [0.1, 0.15) is 24.6 Å². The van der Waals surface area contributed by atoms with Crippen LogP contribution in [0.15, 0.2) is 55.0 Å². The second-order valence-corrected chi connectivity index (χ2v) is 5.94. The van der Waals surface area contributed by atoms with Crippen LogP contribution in [-0.2, 0) is 0 Å². The molecule has 6 heteroatoms. The fourth-order valence-electron chi connectivity index (χ4n) is 3.21. The predicted molar refractivity (Wildman–Crippen MR) is 95.4 cm³/mol. The van der Waals surface area contributed by atoms with E-state index in [-0.39, 0.29) is 6.04 Å². The highest BCUT2D eigenvalue weighted by molar-refractivity contribution is 5.57. The highest BCUT2D eigenvalue weighted by Crippen LogP contribution is 2.33. The van der Waals surface area contributed by atoms with Gasteiger partial charge in [0.05, 0.1) is 18.8 Å². The van der Waals surface area contributed by atoms with Crippen LogP contribution in [0, 0.1) is 0 Å². The molecule has 126 valence electrons. The van der Waals surface area contributed by atoms with Gasteiger partial charge in [0.2, 0.25) is 5.95 Å². The van der Waals surface area contributed by atoms with E-state index in [2.05, 4.69) is 19.9 Å². The number of rotatable bonds is 4. The molecule has 3 heterocycles. The molecule has 6 nitrogen and oxygen atoms in total. The van der Waals surface area contributed by atoms with Gasteiger partial charge < -0.3 is 9.64 Å². The van der Waals surface area contributed by atoms with Crippen LogP contribution in [0.3, 0.4) is 0 Å². The monoisotopic (exact) mass is 333 g/mol. The molecule has 0 bridgehead atoms. The SMILES string of the molecule is COc1cccc(-c2nccc([C@H]3CCCN3c3ncccn3)n2)c1. The Hall–Kier alpha value is -3.02. The van der Waals surface area contributed by atoms with E-state index in [0.717, 1.165) is 42.3 Å². The number of anilines is 1. The van der Waals surface area contributed by atoms with E-state index in [1.165, 1.54) is 0 Å². The highest BCUT2D eigenvalue weighted by Gasteiger charge is 2.29. The van der Waals surface area contributed by atoms with Crippen LogP contribution in [0.25, 0.3) is 11.4 Å². The van der Waals surface area contributed by atoms with E-state index in [0.29, 0.717) is 5.82 Å². The van der Waals surface area contributed by atoms with E-state index >= 15 is 0 Å². The van der Waals surface area contributed by atoms with Gasteiger partial charge in [0.1, 0.15) is 5.75 Å². The van der Waals surface area contributed by atoms with Crippen LogP contribution in [0.5, 0.6) is 5.75 Å². The van der Waals surface area contributed by atoms with Crippen molar-refractivity contribution in [1.82, 2.24) is 19.9 Å². The van der Waals surface area contributed by atoms with E-state index in [1.54, 1.807) is 19.5 Å². The molecule has 1 atom stereocenters. The van der Waals surface area contributed by atoms with E-state index in [9.17, 15) is 0 Å². The molecule has 1 aromatic carbocycles. The van der Waals surface area contributed by atoms with Crippen LogP contribution in [0.2, 0.25) is 0 Å². The quantitative estimate of drug-likeness (QED) is 0.730. The van der Waals surface area contributed by atoms with Crippen LogP contribution < -0.4 is 9.64 Å². The molecule has 1 fully saturated rings. The molecule has 25 heavy (non-hydrogen) atoms. The van der Waals surface area contributed by atoms with Crippen molar-refractivity contribution in [2.45, 2.75) is 18.9 Å². The van der Waals surface area contributed by atoms with Gasteiger partial charge in [-0.3, -0.25) is 0 Å². The molecule has 3 aromatic rings. The van der Waals surface area contributed by atoms with Crippen molar-refractivity contribution in [3.63, 3.8) is 0 Å². The predicted octanol–water partition coefficient (Wildman–Crippen LogP) is 3.28. The summed E-state index contributed by atoms with van der Waals surface area (Å²) in [4.78, 5) is 20.3. The van der Waals surface area contributed by atoms with Gasteiger partial charge in [0.25, 0.3) is 0 Å². The lowest BCUT2D eigenvalue weighted by Crippen LogP contribution is -2.25. The molecule has 0 amide bonds. The molecule has 4 rings (SSSR count). The maximum Gasteiger partial charge on any atom is 0.225 e. The largest absolute Gasteiger partial charge is 0.497 e. The number of hydrogen-bond acceptors (Lipinski definition) is 6. The Morgan fingerprint density at radius 3 is 2.76 bits per heavy atom. The molecule has 1 saturated heterocycles. The average molecular weight is 333 g/mol. The molecule has 1 aliphatic rings. The molecule has 0 saturated carbocycles. The summed E-state index contributed by atoms with van der Waals surface area (Å²) >= 11 is 0. The van der Waals surface area contributed by atoms with Gasteiger partial charge in [-0.05, 0) is 37.1 Å². The van der Waals surface area contributed by atoms with Gasteiger partial charge in [0, 0.05) is 30.7 Å². The third-order valence-corrected chi connectivity index (χ3v) is 4.41. The first-order valence-electron chi connectivity index (χ1n) is 8.36. The Morgan fingerprint density at radius 1 is 1.04 bits per heavy atom. The lowest BCUT2D eigenvalue weighted by molar-refractivity contribution is 0.415. The summed E-state index contributed by atoms with van der Waals surface area (Å²) in [5, 5.41) is 0. The Kier molecular flexibility index (Phi) is 4.24. The first-order valence-corrected chi connectivity index (χ1v) is 8.36. The van der Waals surface area contributed by atoms with Gasteiger partial charge in [-0.25, -0.2) is 19.9 Å². The first-order chi connectivity index (χ1) is 12.3. The van der Waals surface area contributed by atoms with Gasteiger partial charge in [-0.2, -0.15) is 0 Å². The lowest BCUT2D eigenvalue weighted by atomic mass is 10.1. The van der Waals surface area contributed by atoms with E-state index < -0.39 is 0 Å². The van der Waals surface area contributed by atoms with Gasteiger partial charge in [0.15, 0.2) is 5.82 Å². The number of aromatic nitrogens is 4. The maximum atomic E-state index is 5.30. The van der Waals surface area contributed by atoms with Gasteiger partial charge >= 0.3 is 0 Å². The molecule has 0 aliphatic carbocycles. The van der Waals surface area contributed by atoms with E-state index in [1.807, 2.05) is 42.6 Å². The third-order valence-electron chi connectivity index (χ3n) is 4.41. The zero-order chi connectivity index (χ0) is 17.1. The Balaban J connectivity index is 1.67. The Labute approximate surface area is 146 Å². The minimum Gasteiger partial charge on any atom is -0.497 e. The Bertz CT molecular complexity index is 855. The summed E-state index contributed by atoms with van der Waals surface area (Å²) in [7, 11) is 1.66. The standard InChI is InChI=1S/C19H19N5O/c1-25-15-6-2-5-14(13-15)18-20-11-8-16(23-18)17-7-3-12-24(17)19-21-9-4-10-22-19/h2,4-6,8-11,13,17H,3,7,12H2,1H3/t17-/m1/s1. The van der Waals surface area contributed by atoms with Crippen molar-refractivity contribution in [1.29, 1.82) is 0 Å². The summed E-state index contributed by atoms with van der Waals surface area (Å²) in [6.07, 6.45) is 7.51. The zero-order valence-electron chi connectivity index (χ0n) is 14.0. The van der Waals surface area contributed by atoms with Crippen molar-refractivity contribution in [3.05, 3.63) is 60.7 Å². The van der Waals surface area contributed by atoms with Crippen LogP contribution in [-0.4, -0.2) is 33.6 Å².